The minimum atomic E-state index is -4.52. The first-order chi connectivity index (χ1) is 15.2. The molecule has 8 heteroatoms. The van der Waals surface area contributed by atoms with E-state index in [0.717, 1.165) is 31.9 Å². The van der Waals surface area contributed by atoms with E-state index < -0.39 is 11.9 Å². The highest BCUT2D eigenvalue weighted by molar-refractivity contribution is 5.96. The van der Waals surface area contributed by atoms with Crippen molar-refractivity contribution in [1.82, 2.24) is 0 Å². The molecule has 0 radical (unpaired) electrons. The second kappa shape index (κ2) is 14.7. The Balaban J connectivity index is 0.000000653. The maximum absolute atomic E-state index is 14.0. The standard InChI is InChI=1S/C16H25F2N.C9H10F3NO/c1-4-6-12(7-5-2)15(19)10-13-9-14(17)8-11(3)16(13)18;1-6(7(2)14)4-5-13-8(3)9(10,11)12/h8-9,12,15H,4-7,10,19H2,1-3H3;4-5H,3H2,1-2H3/b;6-4+,13-5?. The molecule has 0 aromatic heterocycles. The van der Waals surface area contributed by atoms with Crippen LogP contribution in [0.1, 0.15) is 64.5 Å². The fourth-order valence-corrected chi connectivity index (χ4v) is 3.11. The van der Waals surface area contributed by atoms with Gasteiger partial charge in [0.2, 0.25) is 0 Å². The monoisotopic (exact) mass is 474 g/mol. The van der Waals surface area contributed by atoms with Gasteiger partial charge in [-0.1, -0.05) is 33.3 Å². The van der Waals surface area contributed by atoms with Crippen molar-refractivity contribution in [2.24, 2.45) is 16.6 Å². The van der Waals surface area contributed by atoms with Crippen molar-refractivity contribution in [2.45, 2.75) is 78.9 Å². The Bertz CT molecular complexity index is 838. The van der Waals surface area contributed by atoms with Crippen LogP contribution in [0.5, 0.6) is 0 Å². The van der Waals surface area contributed by atoms with Crippen LogP contribution >= 0.6 is 0 Å². The summed E-state index contributed by atoms with van der Waals surface area (Å²) >= 11 is 0. The highest BCUT2D eigenvalue weighted by Gasteiger charge is 2.31. The van der Waals surface area contributed by atoms with Crippen molar-refractivity contribution >= 4 is 12.0 Å². The highest BCUT2D eigenvalue weighted by atomic mass is 19.4. The molecule has 3 nitrogen and oxygen atoms in total. The van der Waals surface area contributed by atoms with Crippen molar-refractivity contribution in [2.75, 3.05) is 0 Å². The molecule has 0 spiro atoms. The number of benzene rings is 1. The molecule has 0 saturated heterocycles. The number of Topliss-reactive ketones (excluding diaryl/α,β-unsaturated/α-hetero) is 1. The number of nitrogens with zero attached hydrogens (tertiary/aromatic N) is 1. The van der Waals surface area contributed by atoms with Crippen LogP contribution in [0, 0.1) is 24.5 Å². The van der Waals surface area contributed by atoms with E-state index >= 15 is 0 Å². The number of hydrogen-bond acceptors (Lipinski definition) is 3. The van der Waals surface area contributed by atoms with E-state index in [-0.39, 0.29) is 23.5 Å². The summed E-state index contributed by atoms with van der Waals surface area (Å²) in [5.41, 5.74) is 6.11. The zero-order chi connectivity index (χ0) is 25.8. The fraction of sp³-hybridized carbons (Fsp3) is 0.520. The lowest BCUT2D eigenvalue weighted by Crippen LogP contribution is -2.32. The molecule has 1 atom stereocenters. The molecule has 0 fully saturated rings. The topological polar surface area (TPSA) is 55.5 Å². The second-order valence-corrected chi connectivity index (χ2v) is 8.03. The normalized spacial score (nSPS) is 13.2. The smallest absolute Gasteiger partial charge is 0.327 e. The van der Waals surface area contributed by atoms with E-state index in [1.165, 1.54) is 32.1 Å². The third-order valence-electron chi connectivity index (χ3n) is 5.11. The van der Waals surface area contributed by atoms with Gasteiger partial charge in [-0.25, -0.2) is 8.78 Å². The average Bonchev–Trinajstić information content (AvgIpc) is 2.70. The van der Waals surface area contributed by atoms with Crippen molar-refractivity contribution in [3.05, 3.63) is 58.8 Å². The molecule has 1 aromatic rings. The molecular formula is C25H35F5N2O. The fourth-order valence-electron chi connectivity index (χ4n) is 3.11. The molecule has 186 valence electrons. The molecule has 0 bridgehead atoms. The lowest BCUT2D eigenvalue weighted by Gasteiger charge is -2.23. The third kappa shape index (κ3) is 11.9. The lowest BCUT2D eigenvalue weighted by molar-refractivity contribution is -0.113. The van der Waals surface area contributed by atoms with Crippen LogP contribution in [0.15, 0.2) is 41.1 Å². The van der Waals surface area contributed by atoms with Gasteiger partial charge >= 0.3 is 6.18 Å². The molecule has 0 heterocycles. The van der Waals surface area contributed by atoms with Crippen LogP contribution in [0.3, 0.4) is 0 Å². The average molecular weight is 475 g/mol. The Hall–Kier alpha value is -2.35. The molecule has 1 aromatic carbocycles. The first-order valence-electron chi connectivity index (χ1n) is 10.9. The summed E-state index contributed by atoms with van der Waals surface area (Å²) in [6.45, 7) is 11.4. The number of nitrogens with two attached hydrogens (primary N) is 1. The molecule has 1 unspecified atom stereocenters. The minimum absolute atomic E-state index is 0.101. The van der Waals surface area contributed by atoms with Gasteiger partial charge in [-0.15, -0.1) is 0 Å². The number of ketones is 1. The van der Waals surface area contributed by atoms with Crippen molar-refractivity contribution in [3.63, 3.8) is 0 Å². The van der Waals surface area contributed by atoms with Gasteiger partial charge in [0.15, 0.2) is 5.78 Å². The Morgan fingerprint density at radius 1 is 1.15 bits per heavy atom. The van der Waals surface area contributed by atoms with E-state index in [2.05, 4.69) is 25.4 Å². The summed E-state index contributed by atoms with van der Waals surface area (Å²) in [6, 6.07) is 2.40. The number of aryl methyl sites for hydroxylation is 1. The number of carbonyl (C=O) groups is 1. The molecule has 0 aliphatic carbocycles. The van der Waals surface area contributed by atoms with Crippen LogP contribution in [0.4, 0.5) is 22.0 Å². The Morgan fingerprint density at radius 2 is 1.70 bits per heavy atom. The predicted molar refractivity (Wildman–Crippen MR) is 124 cm³/mol. The molecule has 0 amide bonds. The molecule has 0 aliphatic rings. The Kier molecular flexibility index (Phi) is 13.7. The molecular weight excluding hydrogens is 439 g/mol. The van der Waals surface area contributed by atoms with Crippen LogP contribution < -0.4 is 5.73 Å². The second-order valence-electron chi connectivity index (χ2n) is 8.03. The summed E-state index contributed by atoms with van der Waals surface area (Å²) in [5.74, 6) is -0.528. The van der Waals surface area contributed by atoms with E-state index in [1.54, 1.807) is 6.92 Å². The first kappa shape index (κ1) is 30.6. The molecule has 1 rings (SSSR count). The van der Waals surface area contributed by atoms with Gasteiger partial charge in [0, 0.05) is 12.3 Å². The van der Waals surface area contributed by atoms with Crippen LogP contribution in [-0.4, -0.2) is 24.2 Å². The lowest BCUT2D eigenvalue weighted by atomic mass is 9.87. The number of rotatable bonds is 10. The Morgan fingerprint density at radius 3 is 2.15 bits per heavy atom. The van der Waals surface area contributed by atoms with E-state index in [4.69, 9.17) is 5.73 Å². The predicted octanol–water partition coefficient (Wildman–Crippen LogP) is 7.03. The van der Waals surface area contributed by atoms with Crippen LogP contribution in [0.2, 0.25) is 0 Å². The molecule has 2 N–H and O–H groups in total. The van der Waals surface area contributed by atoms with Gasteiger partial charge in [-0.3, -0.25) is 9.79 Å². The zero-order valence-electron chi connectivity index (χ0n) is 20.0. The van der Waals surface area contributed by atoms with Crippen LogP contribution in [-0.2, 0) is 11.2 Å². The van der Waals surface area contributed by atoms with Crippen LogP contribution in [0.25, 0.3) is 0 Å². The quantitative estimate of drug-likeness (QED) is 0.225. The number of allylic oxidation sites excluding steroid dienone is 3. The third-order valence-corrected chi connectivity index (χ3v) is 5.11. The summed E-state index contributed by atoms with van der Waals surface area (Å²) in [7, 11) is 0. The largest absolute Gasteiger partial charge is 0.432 e. The number of aliphatic imine (C=N–C) groups is 1. The van der Waals surface area contributed by atoms with Gasteiger partial charge in [0.25, 0.3) is 0 Å². The van der Waals surface area contributed by atoms with Crippen molar-refractivity contribution in [1.29, 1.82) is 0 Å². The SMILES string of the molecule is C=C(N=C/C=C(\C)C(C)=O)C(F)(F)F.CCCC(CCC)C(N)Cc1cc(F)cc(C)c1F. The van der Waals surface area contributed by atoms with E-state index in [9.17, 15) is 26.7 Å². The van der Waals surface area contributed by atoms with Gasteiger partial charge in [-0.05, 0) is 80.9 Å². The molecule has 33 heavy (non-hydrogen) atoms. The summed E-state index contributed by atoms with van der Waals surface area (Å²) in [4.78, 5) is 13.7. The summed E-state index contributed by atoms with van der Waals surface area (Å²) < 4.78 is 62.8. The molecule has 0 saturated carbocycles. The maximum atomic E-state index is 14.0. The number of halogens is 5. The van der Waals surface area contributed by atoms with Gasteiger partial charge in [-0.2, -0.15) is 13.2 Å². The highest BCUT2D eigenvalue weighted by Crippen LogP contribution is 2.24. The van der Waals surface area contributed by atoms with Crippen molar-refractivity contribution < 1.29 is 26.7 Å². The van der Waals surface area contributed by atoms with Gasteiger partial charge in [0.1, 0.15) is 17.3 Å². The number of alkyl halides is 3. The van der Waals surface area contributed by atoms with Gasteiger partial charge < -0.3 is 5.73 Å². The number of carbonyl (C=O) groups excluding carboxylic acids is 1. The van der Waals surface area contributed by atoms with E-state index in [0.29, 0.717) is 29.0 Å². The number of hydrogen-bond donors (Lipinski definition) is 1. The molecule has 0 aliphatic heterocycles. The Labute approximate surface area is 193 Å². The minimum Gasteiger partial charge on any atom is -0.327 e. The summed E-state index contributed by atoms with van der Waals surface area (Å²) in [6.07, 6.45) is 2.25. The van der Waals surface area contributed by atoms with E-state index in [1.807, 2.05) is 0 Å². The zero-order valence-corrected chi connectivity index (χ0v) is 20.0. The van der Waals surface area contributed by atoms with Gasteiger partial charge in [0.05, 0.1) is 0 Å². The maximum Gasteiger partial charge on any atom is 0.432 e. The summed E-state index contributed by atoms with van der Waals surface area (Å²) in [5, 5.41) is 0. The first-order valence-corrected chi connectivity index (χ1v) is 10.9. The van der Waals surface area contributed by atoms with Crippen molar-refractivity contribution in [3.8, 4) is 0 Å².